The highest BCUT2D eigenvalue weighted by atomic mass is 35.5. The van der Waals surface area contributed by atoms with Gasteiger partial charge in [-0.2, -0.15) is 0 Å². The Bertz CT molecular complexity index is 937. The summed E-state index contributed by atoms with van der Waals surface area (Å²) in [6.07, 6.45) is 4.35. The minimum absolute atomic E-state index is 0.100. The Kier molecular flexibility index (Phi) is 7.69. The molecule has 31 heavy (non-hydrogen) atoms. The van der Waals surface area contributed by atoms with Gasteiger partial charge in [0.2, 0.25) is 5.91 Å². The third-order valence-electron chi connectivity index (χ3n) is 5.46. The van der Waals surface area contributed by atoms with E-state index in [9.17, 15) is 14.4 Å². The van der Waals surface area contributed by atoms with Crippen LogP contribution in [0.5, 0.6) is 0 Å². The van der Waals surface area contributed by atoms with Gasteiger partial charge in [-0.3, -0.25) is 14.4 Å². The molecule has 0 aliphatic heterocycles. The van der Waals surface area contributed by atoms with E-state index in [4.69, 9.17) is 11.6 Å². The van der Waals surface area contributed by atoms with Crippen LogP contribution in [0.1, 0.15) is 60.2 Å². The van der Waals surface area contributed by atoms with Crippen LogP contribution >= 0.6 is 11.6 Å². The van der Waals surface area contributed by atoms with E-state index in [0.717, 1.165) is 25.7 Å². The van der Waals surface area contributed by atoms with Gasteiger partial charge in [0, 0.05) is 17.3 Å². The fourth-order valence-electron chi connectivity index (χ4n) is 3.66. The highest BCUT2D eigenvalue weighted by molar-refractivity contribution is 6.33. The molecular formula is C24H28ClN3O3. The van der Waals surface area contributed by atoms with Gasteiger partial charge >= 0.3 is 0 Å². The summed E-state index contributed by atoms with van der Waals surface area (Å²) < 4.78 is 0. The van der Waals surface area contributed by atoms with Crippen LogP contribution in [0, 0.1) is 5.92 Å². The molecule has 1 atom stereocenters. The number of benzene rings is 2. The third-order valence-corrected chi connectivity index (χ3v) is 5.79. The van der Waals surface area contributed by atoms with Gasteiger partial charge in [-0.25, -0.2) is 0 Å². The second kappa shape index (κ2) is 10.4. The molecule has 1 fully saturated rings. The van der Waals surface area contributed by atoms with Crippen molar-refractivity contribution in [2.75, 3.05) is 5.32 Å². The first-order valence-electron chi connectivity index (χ1n) is 10.6. The summed E-state index contributed by atoms with van der Waals surface area (Å²) in [7, 11) is 0. The Hall–Kier alpha value is -2.86. The van der Waals surface area contributed by atoms with Crippen molar-refractivity contribution >= 4 is 35.0 Å². The van der Waals surface area contributed by atoms with Crippen molar-refractivity contribution in [3.63, 3.8) is 0 Å². The number of hydrogen-bond acceptors (Lipinski definition) is 3. The fraction of sp³-hybridized carbons (Fsp3) is 0.375. The molecule has 6 nitrogen and oxygen atoms in total. The Morgan fingerprint density at radius 2 is 1.58 bits per heavy atom. The van der Waals surface area contributed by atoms with Crippen molar-refractivity contribution in [2.24, 2.45) is 5.92 Å². The molecule has 3 N–H and O–H groups in total. The minimum Gasteiger partial charge on any atom is -0.349 e. The van der Waals surface area contributed by atoms with E-state index >= 15 is 0 Å². The molecule has 7 heteroatoms. The van der Waals surface area contributed by atoms with Gasteiger partial charge in [-0.05, 0) is 55.2 Å². The maximum atomic E-state index is 12.8. The molecule has 1 unspecified atom stereocenters. The second-order valence-corrected chi connectivity index (χ2v) is 8.60. The van der Waals surface area contributed by atoms with Crippen molar-refractivity contribution in [1.82, 2.24) is 10.6 Å². The summed E-state index contributed by atoms with van der Waals surface area (Å²) in [5, 5.41) is 8.95. The Balaban J connectivity index is 1.61. The topological polar surface area (TPSA) is 87.3 Å². The summed E-state index contributed by atoms with van der Waals surface area (Å²) in [5.41, 5.74) is 1.43. The number of hydrogen-bond donors (Lipinski definition) is 3. The second-order valence-electron chi connectivity index (χ2n) is 8.20. The quantitative estimate of drug-likeness (QED) is 0.594. The normalized spacial score (nSPS) is 14.8. The molecule has 0 radical (unpaired) electrons. The zero-order valence-electron chi connectivity index (χ0n) is 17.8. The lowest BCUT2D eigenvalue weighted by atomic mass is 10.0. The summed E-state index contributed by atoms with van der Waals surface area (Å²) in [4.78, 5) is 37.8. The average molecular weight is 442 g/mol. The van der Waals surface area contributed by atoms with Gasteiger partial charge in [0.1, 0.15) is 6.04 Å². The molecule has 164 valence electrons. The van der Waals surface area contributed by atoms with Gasteiger partial charge in [0.05, 0.1) is 10.6 Å². The van der Waals surface area contributed by atoms with Crippen LogP contribution in [0.25, 0.3) is 0 Å². The minimum atomic E-state index is -0.742. The summed E-state index contributed by atoms with van der Waals surface area (Å²) in [6.45, 7) is 3.71. The van der Waals surface area contributed by atoms with Crippen molar-refractivity contribution in [1.29, 1.82) is 0 Å². The van der Waals surface area contributed by atoms with Crippen LogP contribution in [-0.4, -0.2) is 29.8 Å². The third kappa shape index (κ3) is 6.07. The van der Waals surface area contributed by atoms with Crippen LogP contribution in [0.3, 0.4) is 0 Å². The molecule has 2 aromatic rings. The Morgan fingerprint density at radius 1 is 0.935 bits per heavy atom. The zero-order chi connectivity index (χ0) is 22.4. The zero-order valence-corrected chi connectivity index (χ0v) is 18.5. The van der Waals surface area contributed by atoms with E-state index in [0.29, 0.717) is 21.8 Å². The SMILES string of the molecule is CC(C)C(NC(=O)c1ccccc1Cl)C(=O)Nc1ccc(C(=O)NC2CCCC2)cc1. The van der Waals surface area contributed by atoms with Crippen LogP contribution in [0.2, 0.25) is 5.02 Å². The number of carbonyl (C=O) groups excluding carboxylic acids is 3. The van der Waals surface area contributed by atoms with E-state index in [2.05, 4.69) is 16.0 Å². The van der Waals surface area contributed by atoms with Crippen molar-refractivity contribution in [2.45, 2.75) is 51.6 Å². The molecule has 1 aliphatic rings. The monoisotopic (exact) mass is 441 g/mol. The predicted octanol–water partition coefficient (Wildman–Crippen LogP) is 4.41. The van der Waals surface area contributed by atoms with Crippen LogP contribution < -0.4 is 16.0 Å². The average Bonchev–Trinajstić information content (AvgIpc) is 3.25. The highest BCUT2D eigenvalue weighted by Crippen LogP contribution is 2.19. The van der Waals surface area contributed by atoms with E-state index in [1.807, 2.05) is 13.8 Å². The van der Waals surface area contributed by atoms with Crippen molar-refractivity contribution in [3.05, 3.63) is 64.7 Å². The van der Waals surface area contributed by atoms with E-state index < -0.39 is 11.9 Å². The van der Waals surface area contributed by atoms with Crippen molar-refractivity contribution < 1.29 is 14.4 Å². The van der Waals surface area contributed by atoms with Gasteiger partial charge < -0.3 is 16.0 Å². The number of amides is 3. The smallest absolute Gasteiger partial charge is 0.253 e. The summed E-state index contributed by atoms with van der Waals surface area (Å²) >= 11 is 6.09. The number of nitrogens with one attached hydrogen (secondary N) is 3. The van der Waals surface area contributed by atoms with E-state index in [-0.39, 0.29) is 23.8 Å². The molecule has 0 aromatic heterocycles. The summed E-state index contributed by atoms with van der Waals surface area (Å²) in [6, 6.07) is 13.0. The Morgan fingerprint density at radius 3 is 2.19 bits per heavy atom. The molecule has 0 bridgehead atoms. The lowest BCUT2D eigenvalue weighted by Crippen LogP contribution is -2.47. The number of anilines is 1. The van der Waals surface area contributed by atoms with Crippen LogP contribution in [0.15, 0.2) is 48.5 Å². The highest BCUT2D eigenvalue weighted by Gasteiger charge is 2.25. The van der Waals surface area contributed by atoms with Crippen LogP contribution in [0.4, 0.5) is 5.69 Å². The maximum absolute atomic E-state index is 12.8. The van der Waals surface area contributed by atoms with E-state index in [1.165, 1.54) is 0 Å². The lowest BCUT2D eigenvalue weighted by Gasteiger charge is -2.22. The first-order valence-corrected chi connectivity index (χ1v) is 11.0. The molecule has 0 heterocycles. The molecule has 1 saturated carbocycles. The molecule has 3 amide bonds. The molecule has 2 aromatic carbocycles. The van der Waals surface area contributed by atoms with Gasteiger partial charge in [0.15, 0.2) is 0 Å². The largest absolute Gasteiger partial charge is 0.349 e. The van der Waals surface area contributed by atoms with Gasteiger partial charge in [-0.1, -0.05) is 50.4 Å². The molecule has 0 saturated heterocycles. The first-order chi connectivity index (χ1) is 14.8. The molecule has 1 aliphatic carbocycles. The molecular weight excluding hydrogens is 414 g/mol. The first kappa shape index (κ1) is 22.8. The summed E-state index contributed by atoms with van der Waals surface area (Å²) in [5.74, 6) is -0.975. The fourth-order valence-corrected chi connectivity index (χ4v) is 3.88. The maximum Gasteiger partial charge on any atom is 0.253 e. The molecule has 0 spiro atoms. The van der Waals surface area contributed by atoms with Crippen LogP contribution in [-0.2, 0) is 4.79 Å². The standard InChI is InChI=1S/C24H28ClN3O3/c1-15(2)21(28-23(30)19-9-5-6-10-20(19)25)24(31)27-18-13-11-16(12-14-18)22(29)26-17-7-3-4-8-17/h5-6,9-15,17,21H,3-4,7-8H2,1-2H3,(H,26,29)(H,27,31)(H,28,30). The number of carbonyl (C=O) groups is 3. The van der Waals surface area contributed by atoms with Gasteiger partial charge in [0.25, 0.3) is 11.8 Å². The van der Waals surface area contributed by atoms with E-state index in [1.54, 1.807) is 48.5 Å². The Labute approximate surface area is 187 Å². The number of rotatable bonds is 7. The number of halogens is 1. The predicted molar refractivity (Wildman–Crippen MR) is 122 cm³/mol. The van der Waals surface area contributed by atoms with Gasteiger partial charge in [-0.15, -0.1) is 0 Å². The lowest BCUT2D eigenvalue weighted by molar-refractivity contribution is -0.118. The molecule has 3 rings (SSSR count). The van der Waals surface area contributed by atoms with Crippen molar-refractivity contribution in [3.8, 4) is 0 Å².